The van der Waals surface area contributed by atoms with Crippen LogP contribution in [-0.4, -0.2) is 10.8 Å². The number of carbonyl (C=O) groups is 1. The molecule has 0 aromatic heterocycles. The number of benzene rings is 2. The molecule has 0 atom stereocenters. The van der Waals surface area contributed by atoms with Gasteiger partial charge in [0.15, 0.2) is 0 Å². The molecule has 2 aromatic rings. The first-order valence-electron chi connectivity index (χ1n) is 6.21. The van der Waals surface area contributed by atoms with E-state index in [-0.39, 0.29) is 11.3 Å². The fraction of sp³-hybridized carbons (Fsp3) is 0.133. The number of nitro groups is 1. The second-order valence-corrected chi connectivity index (χ2v) is 4.69. The molecule has 5 nitrogen and oxygen atoms in total. The van der Waals surface area contributed by atoms with Crippen molar-refractivity contribution in [2.75, 3.05) is 5.32 Å². The van der Waals surface area contributed by atoms with E-state index in [1.54, 1.807) is 13.0 Å². The molecule has 0 radical (unpaired) electrons. The van der Waals surface area contributed by atoms with E-state index in [1.165, 1.54) is 0 Å². The summed E-state index contributed by atoms with van der Waals surface area (Å²) in [5, 5.41) is 13.3. The monoisotopic (exact) mass is 288 g/mol. The smallest absolute Gasteiger partial charge is 0.270 e. The Labute approximate surface area is 120 Å². The minimum atomic E-state index is -0.802. The van der Waals surface area contributed by atoms with Crippen molar-refractivity contribution in [3.05, 3.63) is 69.0 Å². The minimum absolute atomic E-state index is 0.331. The van der Waals surface area contributed by atoms with E-state index in [9.17, 15) is 19.3 Å². The fourth-order valence-electron chi connectivity index (χ4n) is 1.86. The van der Waals surface area contributed by atoms with Gasteiger partial charge in [-0.25, -0.2) is 4.39 Å². The van der Waals surface area contributed by atoms with Gasteiger partial charge < -0.3 is 5.32 Å². The first kappa shape index (κ1) is 14.6. The number of anilines is 1. The first-order valence-corrected chi connectivity index (χ1v) is 6.21. The third-order valence-electron chi connectivity index (χ3n) is 3.05. The lowest BCUT2D eigenvalue weighted by Gasteiger charge is -2.09. The summed E-state index contributed by atoms with van der Waals surface area (Å²) < 4.78 is 13.7. The van der Waals surface area contributed by atoms with Crippen LogP contribution in [0.15, 0.2) is 36.4 Å². The van der Waals surface area contributed by atoms with Crippen LogP contribution in [0.3, 0.4) is 0 Å². The largest absolute Gasteiger partial charge is 0.322 e. The predicted octanol–water partition coefficient (Wildman–Crippen LogP) is 3.60. The van der Waals surface area contributed by atoms with Gasteiger partial charge >= 0.3 is 0 Å². The number of rotatable bonds is 3. The number of halogens is 1. The molecule has 0 fully saturated rings. The maximum Gasteiger partial charge on any atom is 0.270 e. The van der Waals surface area contributed by atoms with Crippen molar-refractivity contribution in [3.8, 4) is 0 Å². The van der Waals surface area contributed by atoms with Crippen LogP contribution >= 0.6 is 0 Å². The highest BCUT2D eigenvalue weighted by atomic mass is 19.1. The van der Waals surface area contributed by atoms with Crippen LogP contribution in [0.1, 0.15) is 21.5 Å². The molecule has 108 valence electrons. The van der Waals surface area contributed by atoms with E-state index in [0.717, 1.165) is 29.3 Å². The summed E-state index contributed by atoms with van der Waals surface area (Å²) in [6.07, 6.45) is 0. The van der Waals surface area contributed by atoms with Gasteiger partial charge in [-0.2, -0.15) is 0 Å². The number of aryl methyl sites for hydroxylation is 2. The minimum Gasteiger partial charge on any atom is -0.322 e. The highest BCUT2D eigenvalue weighted by Crippen LogP contribution is 2.21. The van der Waals surface area contributed by atoms with Crippen LogP contribution in [-0.2, 0) is 0 Å². The molecular formula is C15H13FN2O3. The summed E-state index contributed by atoms with van der Waals surface area (Å²) in [7, 11) is 0. The lowest BCUT2D eigenvalue weighted by atomic mass is 10.1. The Morgan fingerprint density at radius 1 is 1.19 bits per heavy atom. The molecule has 0 aliphatic heterocycles. The molecule has 0 unspecified atom stereocenters. The van der Waals surface area contributed by atoms with E-state index in [2.05, 4.69) is 5.32 Å². The summed E-state index contributed by atoms with van der Waals surface area (Å²) in [5.41, 5.74) is 1.62. The Kier molecular flexibility index (Phi) is 3.98. The number of non-ortho nitro benzene ring substituents is 1. The summed E-state index contributed by atoms with van der Waals surface area (Å²) >= 11 is 0. The SMILES string of the molecule is Cc1ccc(C)c(NC(=O)c2cc([N+](=O)[O-])ccc2F)c1. The molecule has 0 aliphatic carbocycles. The van der Waals surface area contributed by atoms with E-state index in [4.69, 9.17) is 0 Å². The van der Waals surface area contributed by atoms with Gasteiger partial charge in [0, 0.05) is 17.8 Å². The van der Waals surface area contributed by atoms with Crippen molar-refractivity contribution in [3.63, 3.8) is 0 Å². The molecule has 0 saturated carbocycles. The number of hydrogen-bond acceptors (Lipinski definition) is 3. The van der Waals surface area contributed by atoms with Crippen LogP contribution < -0.4 is 5.32 Å². The Morgan fingerprint density at radius 2 is 1.90 bits per heavy atom. The van der Waals surface area contributed by atoms with Crippen LogP contribution in [0.5, 0.6) is 0 Å². The van der Waals surface area contributed by atoms with E-state index < -0.39 is 16.6 Å². The number of nitrogens with zero attached hydrogens (tertiary/aromatic N) is 1. The number of nitrogens with one attached hydrogen (secondary N) is 1. The average molecular weight is 288 g/mol. The molecular weight excluding hydrogens is 275 g/mol. The van der Waals surface area contributed by atoms with Crippen molar-refractivity contribution in [1.29, 1.82) is 0 Å². The maximum absolute atomic E-state index is 13.7. The topological polar surface area (TPSA) is 72.2 Å². The third kappa shape index (κ3) is 3.22. The van der Waals surface area contributed by atoms with Gasteiger partial charge in [-0.1, -0.05) is 12.1 Å². The van der Waals surface area contributed by atoms with Gasteiger partial charge in [0.25, 0.3) is 11.6 Å². The molecule has 21 heavy (non-hydrogen) atoms. The fourth-order valence-corrected chi connectivity index (χ4v) is 1.86. The highest BCUT2D eigenvalue weighted by Gasteiger charge is 2.17. The molecule has 0 bridgehead atoms. The van der Waals surface area contributed by atoms with Crippen molar-refractivity contribution in [2.24, 2.45) is 0 Å². The van der Waals surface area contributed by atoms with Gasteiger partial charge in [0.2, 0.25) is 0 Å². The van der Waals surface area contributed by atoms with Crippen molar-refractivity contribution in [1.82, 2.24) is 0 Å². The van der Waals surface area contributed by atoms with Crippen LogP contribution in [0, 0.1) is 29.8 Å². The Balaban J connectivity index is 2.34. The van der Waals surface area contributed by atoms with Gasteiger partial charge in [-0.3, -0.25) is 14.9 Å². The summed E-state index contributed by atoms with van der Waals surface area (Å²) in [6, 6.07) is 8.33. The standard InChI is InChI=1S/C15H13FN2O3/c1-9-3-4-10(2)14(7-9)17-15(19)12-8-11(18(20)21)5-6-13(12)16/h3-8H,1-2H3,(H,17,19). The summed E-state index contributed by atoms with van der Waals surface area (Å²) in [5.74, 6) is -1.52. The zero-order chi connectivity index (χ0) is 15.6. The molecule has 0 spiro atoms. The maximum atomic E-state index is 13.7. The normalized spacial score (nSPS) is 10.2. The second kappa shape index (κ2) is 5.70. The zero-order valence-corrected chi connectivity index (χ0v) is 11.5. The number of carbonyl (C=O) groups excluding carboxylic acids is 1. The summed E-state index contributed by atoms with van der Waals surface area (Å²) in [6.45, 7) is 3.67. The quantitative estimate of drug-likeness (QED) is 0.692. The highest BCUT2D eigenvalue weighted by molar-refractivity contribution is 6.05. The zero-order valence-electron chi connectivity index (χ0n) is 11.5. The number of hydrogen-bond donors (Lipinski definition) is 1. The van der Waals surface area contributed by atoms with Gasteiger partial charge in [0.1, 0.15) is 5.82 Å². The molecule has 2 aromatic carbocycles. The Bertz CT molecular complexity index is 729. The van der Waals surface area contributed by atoms with Crippen molar-refractivity contribution >= 4 is 17.3 Å². The van der Waals surface area contributed by atoms with Crippen molar-refractivity contribution in [2.45, 2.75) is 13.8 Å². The lowest BCUT2D eigenvalue weighted by Crippen LogP contribution is -2.15. The summed E-state index contributed by atoms with van der Waals surface area (Å²) in [4.78, 5) is 22.1. The van der Waals surface area contributed by atoms with Gasteiger partial charge in [-0.05, 0) is 37.1 Å². The van der Waals surface area contributed by atoms with Crippen LogP contribution in [0.2, 0.25) is 0 Å². The second-order valence-electron chi connectivity index (χ2n) is 4.69. The third-order valence-corrected chi connectivity index (χ3v) is 3.05. The predicted molar refractivity (Wildman–Crippen MR) is 76.9 cm³/mol. The molecule has 0 heterocycles. The van der Waals surface area contributed by atoms with E-state index >= 15 is 0 Å². The van der Waals surface area contributed by atoms with E-state index in [0.29, 0.717) is 5.69 Å². The molecule has 0 aliphatic rings. The average Bonchev–Trinajstić information content (AvgIpc) is 2.43. The lowest BCUT2D eigenvalue weighted by molar-refractivity contribution is -0.384. The molecule has 6 heteroatoms. The molecule has 0 saturated heterocycles. The van der Waals surface area contributed by atoms with Crippen LogP contribution in [0.4, 0.5) is 15.8 Å². The Morgan fingerprint density at radius 3 is 2.57 bits per heavy atom. The number of amides is 1. The van der Waals surface area contributed by atoms with Crippen LogP contribution in [0.25, 0.3) is 0 Å². The number of nitro benzene ring substituents is 1. The Hall–Kier alpha value is -2.76. The van der Waals surface area contributed by atoms with E-state index in [1.807, 2.05) is 19.1 Å². The van der Waals surface area contributed by atoms with Gasteiger partial charge in [-0.15, -0.1) is 0 Å². The first-order chi connectivity index (χ1) is 9.88. The molecule has 2 rings (SSSR count). The van der Waals surface area contributed by atoms with Crippen molar-refractivity contribution < 1.29 is 14.1 Å². The van der Waals surface area contributed by atoms with Gasteiger partial charge in [0.05, 0.1) is 10.5 Å². The molecule has 1 amide bonds. The molecule has 1 N–H and O–H groups in total.